The summed E-state index contributed by atoms with van der Waals surface area (Å²) in [6.07, 6.45) is 1.10. The normalized spacial score (nSPS) is 15.7. The van der Waals surface area contributed by atoms with Gasteiger partial charge in [-0.2, -0.15) is 0 Å². The van der Waals surface area contributed by atoms with Crippen LogP contribution in [0.15, 0.2) is 24.3 Å². The van der Waals surface area contributed by atoms with Gasteiger partial charge in [0.05, 0.1) is 31.8 Å². The van der Waals surface area contributed by atoms with Crippen molar-refractivity contribution in [1.29, 1.82) is 0 Å². The Kier molecular flexibility index (Phi) is 5.38. The van der Waals surface area contributed by atoms with Crippen molar-refractivity contribution in [3.63, 3.8) is 0 Å². The van der Waals surface area contributed by atoms with Gasteiger partial charge in [-0.25, -0.2) is 0 Å². The van der Waals surface area contributed by atoms with Gasteiger partial charge in [0, 0.05) is 6.42 Å². The highest BCUT2D eigenvalue weighted by atomic mass is 16.5. The summed E-state index contributed by atoms with van der Waals surface area (Å²) in [5.41, 5.74) is 5.66. The zero-order valence-corrected chi connectivity index (χ0v) is 12.8. The van der Waals surface area contributed by atoms with Crippen LogP contribution in [-0.2, 0) is 20.7 Å². The first kappa shape index (κ1) is 16.3. The lowest BCUT2D eigenvalue weighted by Gasteiger charge is -2.41. The van der Waals surface area contributed by atoms with E-state index in [1.165, 1.54) is 0 Å². The van der Waals surface area contributed by atoms with Gasteiger partial charge in [-0.3, -0.25) is 9.59 Å². The number of aryl methyl sites for hydroxylation is 1. The van der Waals surface area contributed by atoms with Crippen molar-refractivity contribution >= 4 is 11.8 Å². The number of rotatable bonds is 8. The number of carbonyl (C=O) groups excluding carboxylic acids is 2. The van der Waals surface area contributed by atoms with Gasteiger partial charge in [0.25, 0.3) is 0 Å². The molecule has 0 unspecified atom stereocenters. The second-order valence-corrected chi connectivity index (χ2v) is 5.54. The molecule has 1 aromatic rings. The largest absolute Gasteiger partial charge is 0.494 e. The minimum atomic E-state index is -0.609. The SMILES string of the molecule is CCOc1ccc(CCC(=O)NC2(CC(N)=O)COC2)cc1. The topological polar surface area (TPSA) is 90.6 Å². The molecule has 0 aromatic heterocycles. The average molecular weight is 306 g/mol. The minimum absolute atomic E-state index is 0.0987. The molecule has 0 spiro atoms. The molecule has 1 aromatic carbocycles. The highest BCUT2D eigenvalue weighted by Crippen LogP contribution is 2.21. The van der Waals surface area contributed by atoms with Crippen LogP contribution in [0.1, 0.15) is 25.3 Å². The van der Waals surface area contributed by atoms with E-state index in [-0.39, 0.29) is 12.3 Å². The summed E-state index contributed by atoms with van der Waals surface area (Å²) in [5.74, 6) is 0.288. The third kappa shape index (κ3) is 4.46. The van der Waals surface area contributed by atoms with Gasteiger partial charge in [0.1, 0.15) is 5.75 Å². The molecule has 1 fully saturated rings. The predicted molar refractivity (Wildman–Crippen MR) is 81.4 cm³/mol. The van der Waals surface area contributed by atoms with Gasteiger partial charge in [0.2, 0.25) is 11.8 Å². The maximum absolute atomic E-state index is 12.0. The molecule has 0 atom stereocenters. The third-order valence-electron chi connectivity index (χ3n) is 3.55. The molecule has 1 saturated heterocycles. The fourth-order valence-corrected chi connectivity index (χ4v) is 2.44. The van der Waals surface area contributed by atoms with Crippen LogP contribution in [-0.4, -0.2) is 37.2 Å². The Morgan fingerprint density at radius 2 is 2.00 bits per heavy atom. The van der Waals surface area contributed by atoms with E-state index < -0.39 is 11.4 Å². The molecule has 1 aliphatic rings. The second-order valence-electron chi connectivity index (χ2n) is 5.54. The monoisotopic (exact) mass is 306 g/mol. The Hall–Kier alpha value is -2.08. The molecule has 0 bridgehead atoms. The maximum atomic E-state index is 12.0. The van der Waals surface area contributed by atoms with Crippen LogP contribution in [0, 0.1) is 0 Å². The molecule has 120 valence electrons. The summed E-state index contributed by atoms with van der Waals surface area (Å²) >= 11 is 0. The molecule has 6 nitrogen and oxygen atoms in total. The number of nitrogens with two attached hydrogens (primary N) is 1. The first-order valence-electron chi connectivity index (χ1n) is 7.42. The van der Waals surface area contributed by atoms with Crippen molar-refractivity contribution in [2.45, 2.75) is 31.7 Å². The molecule has 3 N–H and O–H groups in total. The van der Waals surface area contributed by atoms with Crippen LogP contribution in [0.2, 0.25) is 0 Å². The van der Waals surface area contributed by atoms with Crippen molar-refractivity contribution in [2.24, 2.45) is 5.73 Å². The van der Waals surface area contributed by atoms with Crippen LogP contribution in [0.3, 0.4) is 0 Å². The second kappa shape index (κ2) is 7.26. The standard InChI is InChI=1S/C16H22N2O4/c1-2-22-13-6-3-12(4-7-13)5-8-15(20)18-16(9-14(17)19)10-21-11-16/h3-4,6-7H,2,5,8-11H2,1H3,(H2,17,19)(H,18,20). The van der Waals surface area contributed by atoms with Crippen molar-refractivity contribution in [2.75, 3.05) is 19.8 Å². The summed E-state index contributed by atoms with van der Waals surface area (Å²) in [6, 6.07) is 7.68. The van der Waals surface area contributed by atoms with E-state index >= 15 is 0 Å². The lowest BCUT2D eigenvalue weighted by molar-refractivity contribution is -0.138. The molecule has 22 heavy (non-hydrogen) atoms. The first-order valence-corrected chi connectivity index (χ1v) is 7.42. The Morgan fingerprint density at radius 1 is 1.32 bits per heavy atom. The molecule has 0 aliphatic carbocycles. The summed E-state index contributed by atoms with van der Waals surface area (Å²) in [5, 5.41) is 2.87. The highest BCUT2D eigenvalue weighted by molar-refractivity contribution is 5.80. The van der Waals surface area contributed by atoms with Gasteiger partial charge in [-0.1, -0.05) is 12.1 Å². The van der Waals surface area contributed by atoms with E-state index in [0.717, 1.165) is 11.3 Å². The average Bonchev–Trinajstić information content (AvgIpc) is 2.44. The fourth-order valence-electron chi connectivity index (χ4n) is 2.44. The zero-order chi connectivity index (χ0) is 16.0. The van der Waals surface area contributed by atoms with Gasteiger partial charge >= 0.3 is 0 Å². The van der Waals surface area contributed by atoms with Gasteiger partial charge in [-0.05, 0) is 31.0 Å². The molecule has 1 aliphatic heterocycles. The number of primary amides is 1. The number of carbonyl (C=O) groups is 2. The van der Waals surface area contributed by atoms with E-state index in [1.54, 1.807) is 0 Å². The summed E-state index contributed by atoms with van der Waals surface area (Å²) in [6.45, 7) is 3.24. The number of ether oxygens (including phenoxy) is 2. The van der Waals surface area contributed by atoms with Crippen LogP contribution < -0.4 is 15.8 Å². The number of amides is 2. The third-order valence-corrected chi connectivity index (χ3v) is 3.55. The molecular formula is C16H22N2O4. The summed E-state index contributed by atoms with van der Waals surface area (Å²) in [4.78, 5) is 23.1. The molecule has 2 amide bonds. The highest BCUT2D eigenvalue weighted by Gasteiger charge is 2.41. The van der Waals surface area contributed by atoms with E-state index in [1.807, 2.05) is 31.2 Å². The van der Waals surface area contributed by atoms with Gasteiger partial charge in [-0.15, -0.1) is 0 Å². The fraction of sp³-hybridized carbons (Fsp3) is 0.500. The predicted octanol–water partition coefficient (Wildman–Crippen LogP) is 0.778. The van der Waals surface area contributed by atoms with E-state index in [0.29, 0.717) is 32.7 Å². The Balaban J connectivity index is 1.80. The van der Waals surface area contributed by atoms with Gasteiger partial charge < -0.3 is 20.5 Å². The Bertz CT molecular complexity index is 523. The van der Waals surface area contributed by atoms with Crippen molar-refractivity contribution in [1.82, 2.24) is 5.32 Å². The Morgan fingerprint density at radius 3 is 2.50 bits per heavy atom. The number of hydrogen-bond donors (Lipinski definition) is 2. The van der Waals surface area contributed by atoms with E-state index in [4.69, 9.17) is 15.2 Å². The first-order chi connectivity index (χ1) is 10.5. The molecule has 6 heteroatoms. The van der Waals surface area contributed by atoms with Crippen molar-refractivity contribution in [3.8, 4) is 5.75 Å². The number of nitrogens with one attached hydrogen (secondary N) is 1. The molecule has 0 radical (unpaired) electrons. The van der Waals surface area contributed by atoms with E-state index in [2.05, 4.69) is 5.32 Å². The summed E-state index contributed by atoms with van der Waals surface area (Å²) < 4.78 is 10.5. The summed E-state index contributed by atoms with van der Waals surface area (Å²) in [7, 11) is 0. The number of benzene rings is 1. The van der Waals surface area contributed by atoms with E-state index in [9.17, 15) is 9.59 Å². The smallest absolute Gasteiger partial charge is 0.220 e. The molecule has 0 saturated carbocycles. The minimum Gasteiger partial charge on any atom is -0.494 e. The number of hydrogen-bond acceptors (Lipinski definition) is 4. The van der Waals surface area contributed by atoms with Crippen LogP contribution >= 0.6 is 0 Å². The Labute approximate surface area is 130 Å². The lowest BCUT2D eigenvalue weighted by atomic mass is 9.92. The zero-order valence-electron chi connectivity index (χ0n) is 12.8. The van der Waals surface area contributed by atoms with Crippen LogP contribution in [0.25, 0.3) is 0 Å². The lowest BCUT2D eigenvalue weighted by Crippen LogP contribution is -2.63. The van der Waals surface area contributed by atoms with Crippen LogP contribution in [0.5, 0.6) is 5.75 Å². The molecule has 2 rings (SSSR count). The maximum Gasteiger partial charge on any atom is 0.220 e. The molecular weight excluding hydrogens is 284 g/mol. The van der Waals surface area contributed by atoms with Crippen molar-refractivity contribution < 1.29 is 19.1 Å². The van der Waals surface area contributed by atoms with Gasteiger partial charge in [0.15, 0.2) is 0 Å². The molecule has 1 heterocycles. The van der Waals surface area contributed by atoms with Crippen molar-refractivity contribution in [3.05, 3.63) is 29.8 Å². The van der Waals surface area contributed by atoms with Crippen LogP contribution in [0.4, 0.5) is 0 Å². The quantitative estimate of drug-likeness (QED) is 0.742.